The van der Waals surface area contributed by atoms with Crippen LogP contribution in [0.4, 0.5) is 0 Å². The van der Waals surface area contributed by atoms with E-state index >= 15 is 0 Å². The number of hydrogen-bond acceptors (Lipinski definition) is 5. The molecule has 1 saturated heterocycles. The largest absolute Gasteiger partial charge is 0.465 e. The van der Waals surface area contributed by atoms with Crippen molar-refractivity contribution in [3.63, 3.8) is 0 Å². The fraction of sp³-hybridized carbons (Fsp3) is 0.944. The quantitative estimate of drug-likeness (QED) is 0.799. The van der Waals surface area contributed by atoms with Crippen LogP contribution in [-0.2, 0) is 14.3 Å². The number of fused-ring (bicyclic) bond motifs is 2. The lowest BCUT2D eigenvalue weighted by atomic mass is 9.59. The molecule has 0 spiro atoms. The Kier molecular flexibility index (Phi) is 4.27. The van der Waals surface area contributed by atoms with Gasteiger partial charge in [0.05, 0.1) is 25.4 Å². The summed E-state index contributed by atoms with van der Waals surface area (Å²) in [7, 11) is 0. The first-order valence-electron chi connectivity index (χ1n) is 9.06. The lowest BCUT2D eigenvalue weighted by Gasteiger charge is -2.57. The van der Waals surface area contributed by atoms with Gasteiger partial charge in [0.2, 0.25) is 0 Å². The first-order chi connectivity index (χ1) is 10.8. The van der Waals surface area contributed by atoms with E-state index in [1.165, 1.54) is 6.42 Å². The molecule has 0 aromatic carbocycles. The van der Waals surface area contributed by atoms with Crippen LogP contribution < -0.4 is 5.73 Å². The van der Waals surface area contributed by atoms with E-state index in [0.29, 0.717) is 12.5 Å². The van der Waals surface area contributed by atoms with E-state index in [2.05, 4.69) is 25.7 Å². The smallest absolute Gasteiger partial charge is 0.324 e. The number of esters is 1. The number of morpholine rings is 1. The van der Waals surface area contributed by atoms with Crippen molar-refractivity contribution < 1.29 is 14.3 Å². The van der Waals surface area contributed by atoms with Gasteiger partial charge in [-0.15, -0.1) is 0 Å². The molecule has 0 aromatic heterocycles. The summed E-state index contributed by atoms with van der Waals surface area (Å²) in [6.07, 6.45) is 3.37. The Morgan fingerprint density at radius 2 is 2.00 bits per heavy atom. The Bertz CT molecular complexity index is 475. The van der Waals surface area contributed by atoms with Gasteiger partial charge in [0.25, 0.3) is 0 Å². The first-order valence-corrected chi connectivity index (χ1v) is 9.06. The van der Waals surface area contributed by atoms with Crippen molar-refractivity contribution in [2.45, 2.75) is 58.5 Å². The summed E-state index contributed by atoms with van der Waals surface area (Å²) >= 11 is 0. The lowest BCUT2D eigenvalue weighted by molar-refractivity contribution is -0.159. The monoisotopic (exact) mass is 324 g/mol. The maximum absolute atomic E-state index is 12.6. The van der Waals surface area contributed by atoms with Crippen molar-refractivity contribution >= 4 is 5.97 Å². The van der Waals surface area contributed by atoms with Crippen LogP contribution in [0.1, 0.15) is 47.0 Å². The minimum atomic E-state index is -0.588. The highest BCUT2D eigenvalue weighted by molar-refractivity contribution is 5.78. The minimum absolute atomic E-state index is 0.0220. The normalized spacial score (nSPS) is 41.0. The molecule has 2 bridgehead atoms. The Morgan fingerprint density at radius 1 is 1.35 bits per heavy atom. The molecule has 5 heteroatoms. The Labute approximate surface area is 139 Å². The number of nitrogens with two attached hydrogens (primary N) is 1. The summed E-state index contributed by atoms with van der Waals surface area (Å²) in [6, 6.07) is -0.588. The average molecular weight is 324 g/mol. The molecule has 1 aliphatic heterocycles. The van der Waals surface area contributed by atoms with Crippen LogP contribution in [0, 0.1) is 16.7 Å². The fourth-order valence-electron chi connectivity index (χ4n) is 5.86. The highest BCUT2D eigenvalue weighted by atomic mass is 16.5. The summed E-state index contributed by atoms with van der Waals surface area (Å²) in [5.41, 5.74) is 6.51. The lowest BCUT2D eigenvalue weighted by Crippen LogP contribution is -2.71. The molecule has 3 aliphatic rings. The maximum Gasteiger partial charge on any atom is 0.324 e. The molecule has 0 unspecified atom stereocenters. The van der Waals surface area contributed by atoms with Crippen LogP contribution in [0.25, 0.3) is 0 Å². The molecule has 1 heterocycles. The Hall–Kier alpha value is -0.650. The van der Waals surface area contributed by atoms with Crippen molar-refractivity contribution in [1.29, 1.82) is 0 Å². The Balaban J connectivity index is 2.03. The molecule has 3 fully saturated rings. The van der Waals surface area contributed by atoms with Gasteiger partial charge in [-0.1, -0.05) is 20.8 Å². The van der Waals surface area contributed by atoms with Crippen LogP contribution in [-0.4, -0.2) is 55.4 Å². The van der Waals surface area contributed by atoms with Gasteiger partial charge < -0.3 is 15.2 Å². The zero-order valence-electron chi connectivity index (χ0n) is 15.1. The molecule has 0 amide bonds. The van der Waals surface area contributed by atoms with Crippen molar-refractivity contribution in [2.75, 3.05) is 32.9 Å². The third kappa shape index (κ3) is 2.12. The van der Waals surface area contributed by atoms with E-state index < -0.39 is 6.04 Å². The number of carbonyl (C=O) groups is 1. The predicted octanol–water partition coefficient (Wildman–Crippen LogP) is 1.79. The Morgan fingerprint density at radius 3 is 2.48 bits per heavy atom. The second-order valence-corrected chi connectivity index (χ2v) is 8.25. The molecule has 4 atom stereocenters. The minimum Gasteiger partial charge on any atom is -0.465 e. The molecule has 0 radical (unpaired) electrons. The second kappa shape index (κ2) is 5.71. The number of rotatable bonds is 4. The summed E-state index contributed by atoms with van der Waals surface area (Å²) in [6.45, 7) is 12.5. The molecular formula is C18H32N2O3. The number of nitrogens with zero attached hydrogens (tertiary/aromatic N) is 1. The standard InChI is InChI=1S/C18H32N2O3/c1-5-23-15(21)14(19)18(20-8-10-22-11-9-20)12-13-6-7-17(18,4)16(13,2)3/h13-14H,5-12,19H2,1-4H3/t13-,14+,17-,18-/m0/s1. The molecule has 0 aromatic rings. The van der Waals surface area contributed by atoms with E-state index in [1.54, 1.807) is 0 Å². The fourth-order valence-corrected chi connectivity index (χ4v) is 5.86. The van der Waals surface area contributed by atoms with Crippen LogP contribution in [0.2, 0.25) is 0 Å². The van der Waals surface area contributed by atoms with Gasteiger partial charge in [-0.25, -0.2) is 0 Å². The second-order valence-electron chi connectivity index (χ2n) is 8.25. The summed E-state index contributed by atoms with van der Waals surface area (Å²) < 4.78 is 10.9. The van der Waals surface area contributed by atoms with E-state index in [9.17, 15) is 4.79 Å². The molecular weight excluding hydrogens is 292 g/mol. The maximum atomic E-state index is 12.6. The van der Waals surface area contributed by atoms with E-state index in [0.717, 1.165) is 39.1 Å². The SMILES string of the molecule is CCOC(=O)[C@@H](N)[C@@]1(N2CCOCC2)C[C@@H]2CC[C@@]1(C)C2(C)C. The molecule has 5 nitrogen and oxygen atoms in total. The number of hydrogen-bond donors (Lipinski definition) is 1. The number of carbonyl (C=O) groups excluding carboxylic acids is 1. The predicted molar refractivity (Wildman–Crippen MR) is 89.0 cm³/mol. The van der Waals surface area contributed by atoms with Crippen molar-refractivity contribution in [3.8, 4) is 0 Å². The van der Waals surface area contributed by atoms with Gasteiger partial charge in [-0.3, -0.25) is 9.69 Å². The van der Waals surface area contributed by atoms with Crippen molar-refractivity contribution in [2.24, 2.45) is 22.5 Å². The molecule has 2 N–H and O–H groups in total. The highest BCUT2D eigenvalue weighted by Gasteiger charge is 2.73. The zero-order chi connectivity index (χ0) is 16.9. The zero-order valence-corrected chi connectivity index (χ0v) is 15.1. The van der Waals surface area contributed by atoms with Crippen LogP contribution in [0.5, 0.6) is 0 Å². The van der Waals surface area contributed by atoms with Gasteiger partial charge >= 0.3 is 5.97 Å². The number of ether oxygens (including phenoxy) is 2. The van der Waals surface area contributed by atoms with Crippen molar-refractivity contribution in [1.82, 2.24) is 4.90 Å². The van der Waals surface area contributed by atoms with Gasteiger partial charge in [0.1, 0.15) is 6.04 Å². The average Bonchev–Trinajstić information content (AvgIpc) is 2.87. The van der Waals surface area contributed by atoms with Gasteiger partial charge in [0.15, 0.2) is 0 Å². The van der Waals surface area contributed by atoms with Gasteiger partial charge in [0, 0.05) is 13.1 Å². The van der Waals surface area contributed by atoms with Crippen molar-refractivity contribution in [3.05, 3.63) is 0 Å². The van der Waals surface area contributed by atoms with Crippen LogP contribution >= 0.6 is 0 Å². The molecule has 3 rings (SSSR count). The van der Waals surface area contributed by atoms with Gasteiger partial charge in [-0.2, -0.15) is 0 Å². The van der Waals surface area contributed by atoms with E-state index in [4.69, 9.17) is 15.2 Å². The van der Waals surface area contributed by atoms with Crippen LogP contribution in [0.15, 0.2) is 0 Å². The molecule has 2 aliphatic carbocycles. The van der Waals surface area contributed by atoms with Gasteiger partial charge in [-0.05, 0) is 42.9 Å². The molecule has 23 heavy (non-hydrogen) atoms. The first kappa shape index (κ1) is 17.2. The summed E-state index contributed by atoms with van der Waals surface area (Å²) in [5.74, 6) is 0.374. The third-order valence-electron chi connectivity index (χ3n) is 7.58. The van der Waals surface area contributed by atoms with E-state index in [1.807, 2.05) is 6.92 Å². The summed E-state index contributed by atoms with van der Waals surface area (Å²) in [5, 5.41) is 0. The molecule has 132 valence electrons. The highest BCUT2D eigenvalue weighted by Crippen LogP contribution is 2.71. The summed E-state index contributed by atoms with van der Waals surface area (Å²) in [4.78, 5) is 15.1. The van der Waals surface area contributed by atoms with E-state index in [-0.39, 0.29) is 22.3 Å². The molecule has 2 saturated carbocycles. The third-order valence-corrected chi connectivity index (χ3v) is 7.58. The topological polar surface area (TPSA) is 64.8 Å². The van der Waals surface area contributed by atoms with Crippen LogP contribution in [0.3, 0.4) is 0 Å².